The number of hydrogen-bond acceptors (Lipinski definition) is 4. The van der Waals surface area contributed by atoms with Crippen LogP contribution < -0.4 is 5.32 Å². The van der Waals surface area contributed by atoms with Gasteiger partial charge < -0.3 is 10.1 Å². The summed E-state index contributed by atoms with van der Waals surface area (Å²) in [6.45, 7) is 7.43. The summed E-state index contributed by atoms with van der Waals surface area (Å²) in [6.07, 6.45) is 2.31. The van der Waals surface area contributed by atoms with Gasteiger partial charge in [0.15, 0.2) is 5.17 Å². The van der Waals surface area contributed by atoms with E-state index in [4.69, 9.17) is 9.73 Å². The van der Waals surface area contributed by atoms with Gasteiger partial charge in [0.05, 0.1) is 18.7 Å². The molecule has 1 rings (SSSR count). The lowest BCUT2D eigenvalue weighted by atomic mass is 10.1. The number of rotatable bonds is 6. The third-order valence-corrected chi connectivity index (χ3v) is 3.78. The van der Waals surface area contributed by atoms with Crippen molar-refractivity contribution in [1.82, 2.24) is 5.32 Å². The monoisotopic (exact) mass is 244 g/mol. The molecule has 3 nitrogen and oxygen atoms in total. The first-order valence-electron chi connectivity index (χ1n) is 6.13. The molecular weight excluding hydrogens is 220 g/mol. The van der Waals surface area contributed by atoms with E-state index in [2.05, 4.69) is 26.1 Å². The van der Waals surface area contributed by atoms with Crippen molar-refractivity contribution < 1.29 is 4.74 Å². The third-order valence-electron chi connectivity index (χ3n) is 2.78. The molecule has 1 aliphatic heterocycles. The Labute approximate surface area is 103 Å². The van der Waals surface area contributed by atoms with E-state index in [1.54, 1.807) is 7.11 Å². The Balaban J connectivity index is 2.42. The van der Waals surface area contributed by atoms with Crippen molar-refractivity contribution in [3.05, 3.63) is 0 Å². The molecule has 0 spiro atoms. The van der Waals surface area contributed by atoms with E-state index in [-0.39, 0.29) is 0 Å². The van der Waals surface area contributed by atoms with E-state index in [1.807, 2.05) is 11.8 Å². The number of thioether (sulfide) groups is 1. The Hall–Kier alpha value is -0.220. The van der Waals surface area contributed by atoms with Crippen LogP contribution in [-0.2, 0) is 4.74 Å². The Morgan fingerprint density at radius 1 is 1.56 bits per heavy atom. The fraction of sp³-hybridized carbons (Fsp3) is 0.917. The van der Waals surface area contributed by atoms with Gasteiger partial charge in [-0.1, -0.05) is 39.0 Å². The number of nitrogens with one attached hydrogen (secondary N) is 1. The summed E-state index contributed by atoms with van der Waals surface area (Å²) in [5.41, 5.74) is 0. The van der Waals surface area contributed by atoms with Gasteiger partial charge >= 0.3 is 0 Å². The summed E-state index contributed by atoms with van der Waals surface area (Å²) < 4.78 is 5.21. The lowest BCUT2D eigenvalue weighted by molar-refractivity contribution is 0.170. The molecule has 0 radical (unpaired) electrons. The molecule has 0 saturated carbocycles. The lowest BCUT2D eigenvalue weighted by Crippen LogP contribution is -2.36. The fourth-order valence-electron chi connectivity index (χ4n) is 1.73. The van der Waals surface area contributed by atoms with E-state index in [0.29, 0.717) is 18.0 Å². The van der Waals surface area contributed by atoms with Gasteiger partial charge in [-0.3, -0.25) is 4.99 Å². The van der Waals surface area contributed by atoms with Crippen molar-refractivity contribution in [3.63, 3.8) is 0 Å². The highest BCUT2D eigenvalue weighted by atomic mass is 32.2. The predicted molar refractivity (Wildman–Crippen MR) is 72.2 cm³/mol. The topological polar surface area (TPSA) is 33.6 Å². The minimum absolute atomic E-state index is 0.409. The molecule has 0 bridgehead atoms. The molecule has 0 amide bonds. The number of aliphatic imine (C=N–C) groups is 1. The molecule has 2 atom stereocenters. The Morgan fingerprint density at radius 3 is 2.81 bits per heavy atom. The first-order chi connectivity index (χ1) is 7.67. The highest BCUT2D eigenvalue weighted by Gasteiger charge is 2.22. The van der Waals surface area contributed by atoms with Gasteiger partial charge in [-0.15, -0.1) is 0 Å². The summed E-state index contributed by atoms with van der Waals surface area (Å²) in [7, 11) is 1.75. The van der Waals surface area contributed by atoms with Gasteiger partial charge in [0.2, 0.25) is 0 Å². The molecule has 16 heavy (non-hydrogen) atoms. The molecule has 0 aromatic rings. The minimum atomic E-state index is 0.409. The molecule has 1 unspecified atom stereocenters. The smallest absolute Gasteiger partial charge is 0.157 e. The average molecular weight is 244 g/mol. The van der Waals surface area contributed by atoms with E-state index in [1.165, 1.54) is 6.42 Å². The maximum Gasteiger partial charge on any atom is 0.157 e. The molecule has 1 heterocycles. The van der Waals surface area contributed by atoms with Crippen molar-refractivity contribution in [2.45, 2.75) is 45.7 Å². The van der Waals surface area contributed by atoms with Gasteiger partial charge in [0, 0.05) is 12.9 Å². The Kier molecular flexibility index (Phi) is 6.21. The molecule has 1 aliphatic rings. The van der Waals surface area contributed by atoms with E-state index >= 15 is 0 Å². The third kappa shape index (κ3) is 4.34. The van der Waals surface area contributed by atoms with Crippen molar-refractivity contribution in [3.8, 4) is 0 Å². The molecule has 94 valence electrons. The quantitative estimate of drug-likeness (QED) is 0.779. The molecular formula is C12H24N2OS. The van der Waals surface area contributed by atoms with Crippen LogP contribution in [0.25, 0.3) is 0 Å². The SMILES string of the molecule is CCCC(COC)NC1=N[C@@H](C(C)C)CS1. The van der Waals surface area contributed by atoms with Crippen LogP contribution in [0.15, 0.2) is 4.99 Å². The van der Waals surface area contributed by atoms with E-state index < -0.39 is 0 Å². The van der Waals surface area contributed by atoms with Crippen LogP contribution in [0.1, 0.15) is 33.6 Å². The largest absolute Gasteiger partial charge is 0.383 e. The zero-order valence-electron chi connectivity index (χ0n) is 10.8. The van der Waals surface area contributed by atoms with Crippen LogP contribution in [0.5, 0.6) is 0 Å². The van der Waals surface area contributed by atoms with Crippen LogP contribution in [0, 0.1) is 5.92 Å². The molecule has 0 fully saturated rings. The highest BCUT2D eigenvalue weighted by Crippen LogP contribution is 2.22. The second-order valence-corrected chi connectivity index (χ2v) is 5.65. The van der Waals surface area contributed by atoms with Gasteiger partial charge in [0.1, 0.15) is 0 Å². The van der Waals surface area contributed by atoms with Crippen molar-refractivity contribution in [1.29, 1.82) is 0 Å². The highest BCUT2D eigenvalue weighted by molar-refractivity contribution is 8.14. The van der Waals surface area contributed by atoms with Gasteiger partial charge in [0.25, 0.3) is 0 Å². The summed E-state index contributed by atoms with van der Waals surface area (Å²) >= 11 is 1.84. The normalized spacial score (nSPS) is 22.3. The summed E-state index contributed by atoms with van der Waals surface area (Å²) in [5.74, 6) is 1.75. The summed E-state index contributed by atoms with van der Waals surface area (Å²) in [6, 6.07) is 0.893. The van der Waals surface area contributed by atoms with Crippen molar-refractivity contribution >= 4 is 16.9 Å². The molecule has 1 N–H and O–H groups in total. The van der Waals surface area contributed by atoms with Gasteiger partial charge in [-0.05, 0) is 12.3 Å². The maximum atomic E-state index is 5.21. The summed E-state index contributed by atoms with van der Waals surface area (Å²) in [4.78, 5) is 4.70. The van der Waals surface area contributed by atoms with Crippen molar-refractivity contribution in [2.24, 2.45) is 10.9 Å². The number of methoxy groups -OCH3 is 1. The van der Waals surface area contributed by atoms with Crippen LogP contribution in [-0.4, -0.2) is 36.7 Å². The number of nitrogens with zero attached hydrogens (tertiary/aromatic N) is 1. The molecule has 0 aromatic carbocycles. The number of hydrogen-bond donors (Lipinski definition) is 1. The van der Waals surface area contributed by atoms with E-state index in [0.717, 1.165) is 23.9 Å². The van der Waals surface area contributed by atoms with E-state index in [9.17, 15) is 0 Å². The number of amidine groups is 1. The minimum Gasteiger partial charge on any atom is -0.383 e. The first kappa shape index (κ1) is 13.8. The average Bonchev–Trinajstić information content (AvgIpc) is 2.67. The lowest BCUT2D eigenvalue weighted by Gasteiger charge is -2.17. The van der Waals surface area contributed by atoms with Crippen LogP contribution in [0.4, 0.5) is 0 Å². The molecule has 0 aromatic heterocycles. The molecule has 0 aliphatic carbocycles. The predicted octanol–water partition coefficient (Wildman–Crippen LogP) is 2.52. The Bertz CT molecular complexity index is 225. The summed E-state index contributed by atoms with van der Waals surface area (Å²) in [5, 5.41) is 4.60. The second-order valence-electron chi connectivity index (χ2n) is 4.64. The number of ether oxygens (including phenoxy) is 1. The Morgan fingerprint density at radius 2 is 2.31 bits per heavy atom. The van der Waals surface area contributed by atoms with Crippen molar-refractivity contribution in [2.75, 3.05) is 19.5 Å². The molecule has 4 heteroatoms. The van der Waals surface area contributed by atoms with Gasteiger partial charge in [-0.25, -0.2) is 0 Å². The molecule has 0 saturated heterocycles. The van der Waals surface area contributed by atoms with Gasteiger partial charge in [-0.2, -0.15) is 0 Å². The first-order valence-corrected chi connectivity index (χ1v) is 7.12. The van der Waals surface area contributed by atoms with Crippen LogP contribution >= 0.6 is 11.8 Å². The second kappa shape index (κ2) is 7.17. The maximum absolute atomic E-state index is 5.21. The zero-order chi connectivity index (χ0) is 12.0. The fourth-order valence-corrected chi connectivity index (χ4v) is 2.98. The van der Waals surface area contributed by atoms with Crippen LogP contribution in [0.2, 0.25) is 0 Å². The zero-order valence-corrected chi connectivity index (χ0v) is 11.6. The van der Waals surface area contributed by atoms with Crippen LogP contribution in [0.3, 0.4) is 0 Å². The standard InChI is InChI=1S/C12H24N2OS/c1-5-6-10(7-15-4)13-12-14-11(8-16-12)9(2)3/h9-11H,5-8H2,1-4H3,(H,13,14)/t10?,11-/m1/s1.